The molecule has 0 aliphatic heterocycles. The number of benzene rings is 1. The summed E-state index contributed by atoms with van der Waals surface area (Å²) in [6, 6.07) is 9.58. The number of ether oxygens (including phenoxy) is 1. The Morgan fingerprint density at radius 2 is 1.82 bits per heavy atom. The molecule has 0 N–H and O–H groups in total. The molecule has 0 saturated heterocycles. The summed E-state index contributed by atoms with van der Waals surface area (Å²) in [5.41, 5.74) is 3.16. The van der Waals surface area contributed by atoms with E-state index in [0.29, 0.717) is 18.0 Å². The Morgan fingerprint density at radius 3 is 2.37 bits per heavy atom. The van der Waals surface area contributed by atoms with Crippen LogP contribution in [0.25, 0.3) is 0 Å². The summed E-state index contributed by atoms with van der Waals surface area (Å²) in [6.07, 6.45) is 5.41. The number of fused-ring (bicyclic) bond motifs is 1. The third kappa shape index (κ3) is 6.09. The highest BCUT2D eigenvalue weighted by molar-refractivity contribution is 7.91. The van der Waals surface area contributed by atoms with Crippen molar-refractivity contribution in [3.05, 3.63) is 48.2 Å². The zero-order chi connectivity index (χ0) is 28.4. The van der Waals surface area contributed by atoms with Crippen LogP contribution < -0.4 is 0 Å². The fraction of sp³-hybridized carbons (Fsp3) is 0.656. The van der Waals surface area contributed by atoms with Crippen molar-refractivity contribution in [2.45, 2.75) is 90.9 Å². The molecule has 0 spiro atoms. The molecule has 9 unspecified atom stereocenters. The third-order valence-corrected chi connectivity index (χ3v) is 13.2. The average molecular weight is 557 g/mol. The van der Waals surface area contributed by atoms with Crippen LogP contribution in [0.4, 0.5) is 0 Å². The van der Waals surface area contributed by atoms with Crippen molar-refractivity contribution in [1.29, 1.82) is 0 Å². The van der Waals surface area contributed by atoms with Gasteiger partial charge >= 0.3 is 5.97 Å². The Hall–Kier alpha value is -1.59. The quantitative estimate of drug-likeness (QED) is 0.152. The third-order valence-electron chi connectivity index (χ3n) is 9.42. The fourth-order valence-electron chi connectivity index (χ4n) is 8.32. The van der Waals surface area contributed by atoms with Crippen LogP contribution in [-0.2, 0) is 25.5 Å². The predicted octanol–water partition coefficient (Wildman–Crippen LogP) is 6.84. The fourth-order valence-corrected chi connectivity index (χ4v) is 12.2. The van der Waals surface area contributed by atoms with Gasteiger partial charge in [-0.3, -0.25) is 9.59 Å². The predicted molar refractivity (Wildman–Crippen MR) is 159 cm³/mol. The van der Waals surface area contributed by atoms with Crippen molar-refractivity contribution in [1.82, 2.24) is 0 Å². The molecule has 2 aliphatic rings. The Bertz CT molecular complexity index is 1040. The summed E-state index contributed by atoms with van der Waals surface area (Å²) in [4.78, 5) is 27.0. The minimum absolute atomic E-state index is 0.0231. The first-order valence-electron chi connectivity index (χ1n) is 14.3. The number of allylic oxidation sites excluding steroid dienone is 1. The molecular weight excluding hydrogens is 509 g/mol. The highest BCUT2D eigenvalue weighted by atomic mass is 32.2. The van der Waals surface area contributed by atoms with Gasteiger partial charge < -0.3 is 9.29 Å². The second kappa shape index (κ2) is 12.3. The van der Waals surface area contributed by atoms with Gasteiger partial charge in [0.15, 0.2) is 4.90 Å². The first kappa shape index (κ1) is 30.9. The lowest BCUT2D eigenvalue weighted by Gasteiger charge is -2.59. The normalized spacial score (nSPS) is 33.9. The summed E-state index contributed by atoms with van der Waals surface area (Å²) in [5.74, 6) is 1.33. The van der Waals surface area contributed by atoms with Crippen molar-refractivity contribution in [2.75, 3.05) is 5.75 Å². The molecule has 0 amide bonds. The van der Waals surface area contributed by atoms with E-state index in [0.717, 1.165) is 11.3 Å². The van der Waals surface area contributed by atoms with Crippen molar-refractivity contribution in [3.63, 3.8) is 0 Å². The molecule has 2 fully saturated rings. The number of carbonyl (C=O) groups excluding carboxylic acids is 2. The summed E-state index contributed by atoms with van der Waals surface area (Å²) in [5, 5.41) is 0. The van der Waals surface area contributed by atoms with E-state index in [4.69, 9.17) is 4.74 Å². The number of Topliss-reactive ketones (excluding diaryl/α,β-unsaturated/α-hetero) is 1. The molecule has 9 atom stereocenters. The van der Waals surface area contributed by atoms with E-state index < -0.39 is 20.0 Å². The monoisotopic (exact) mass is 556 g/mol. The standard InChI is InChI=1S/C32H48O4SSi/c1-21-25(19-15-10-11-16-20-37(35)24-17-13-12-14-18-24)32(7)27(22(2)28(34)30(32)38(8)9)29(36-23(3)33)26(21)31(4,5)6/h11-15,17-18,21-22,25-27,29-30,38H,16,19-20H2,1-9H3. The molecule has 6 heteroatoms. The van der Waals surface area contributed by atoms with Crippen molar-refractivity contribution in [3.8, 4) is 0 Å². The van der Waals surface area contributed by atoms with Crippen LogP contribution in [0.2, 0.25) is 18.6 Å². The van der Waals surface area contributed by atoms with Gasteiger partial charge in [-0.2, -0.15) is 0 Å². The van der Waals surface area contributed by atoms with Gasteiger partial charge in [0.05, 0.1) is 0 Å². The van der Waals surface area contributed by atoms with Gasteiger partial charge in [0, 0.05) is 45.4 Å². The molecule has 2 aliphatic carbocycles. The van der Waals surface area contributed by atoms with E-state index in [1.165, 1.54) is 6.92 Å². The van der Waals surface area contributed by atoms with Gasteiger partial charge in [0.2, 0.25) is 0 Å². The SMILES string of the molecule is CC(=O)OC1C(C(C)(C)C)C(C)C(CC=C=CCC[S+]([O-])c2ccccc2)C2(C)C1C(C)C(=O)C2[SiH](C)C. The maximum atomic E-state index is 13.8. The van der Waals surface area contributed by atoms with Crippen LogP contribution in [0.5, 0.6) is 0 Å². The molecule has 210 valence electrons. The zero-order valence-electron chi connectivity index (χ0n) is 24.8. The molecule has 0 heterocycles. The minimum Gasteiger partial charge on any atom is -0.611 e. The first-order valence-corrected chi connectivity index (χ1v) is 18.6. The lowest BCUT2D eigenvalue weighted by Crippen LogP contribution is -2.59. The summed E-state index contributed by atoms with van der Waals surface area (Å²) >= 11 is -1.01. The van der Waals surface area contributed by atoms with Crippen LogP contribution in [-0.4, -0.2) is 37.0 Å². The van der Waals surface area contributed by atoms with Gasteiger partial charge in [0.1, 0.15) is 17.6 Å². The first-order chi connectivity index (χ1) is 17.7. The molecule has 0 bridgehead atoms. The number of esters is 1. The maximum absolute atomic E-state index is 13.8. The van der Waals surface area contributed by atoms with Crippen molar-refractivity contribution >= 4 is 31.7 Å². The molecule has 0 radical (unpaired) electrons. The minimum atomic E-state index is -1.33. The lowest BCUT2D eigenvalue weighted by atomic mass is 9.49. The Morgan fingerprint density at radius 1 is 1.18 bits per heavy atom. The van der Waals surface area contributed by atoms with Crippen molar-refractivity contribution < 1.29 is 18.9 Å². The second-order valence-corrected chi connectivity index (χ2v) is 17.9. The largest absolute Gasteiger partial charge is 0.611 e. The van der Waals surface area contributed by atoms with E-state index >= 15 is 0 Å². The van der Waals surface area contributed by atoms with Crippen LogP contribution in [0.15, 0.2) is 53.1 Å². The summed E-state index contributed by atoms with van der Waals surface area (Å²) in [7, 11) is -1.33. The molecule has 2 saturated carbocycles. The van der Waals surface area contributed by atoms with Crippen LogP contribution in [0, 0.1) is 40.4 Å². The molecule has 1 aromatic rings. The Balaban J connectivity index is 1.91. The van der Waals surface area contributed by atoms with E-state index in [1.54, 1.807) is 0 Å². The summed E-state index contributed by atoms with van der Waals surface area (Å²) in [6.45, 7) is 19.5. The molecular formula is C32H48O4SSi. The van der Waals surface area contributed by atoms with E-state index in [9.17, 15) is 14.1 Å². The Kier molecular flexibility index (Phi) is 10.0. The Labute approximate surface area is 235 Å². The highest BCUT2D eigenvalue weighted by Crippen LogP contribution is 2.67. The molecule has 0 aromatic heterocycles. The van der Waals surface area contributed by atoms with Crippen LogP contribution >= 0.6 is 0 Å². The van der Waals surface area contributed by atoms with Gasteiger partial charge in [-0.25, -0.2) is 0 Å². The molecule has 3 rings (SSSR count). The number of carbonyl (C=O) groups is 2. The zero-order valence-corrected chi connectivity index (χ0v) is 26.8. The number of ketones is 1. The number of hydrogen-bond donors (Lipinski definition) is 0. The van der Waals surface area contributed by atoms with Crippen LogP contribution in [0.3, 0.4) is 0 Å². The van der Waals surface area contributed by atoms with Crippen LogP contribution in [0.1, 0.15) is 61.3 Å². The number of rotatable bonds is 8. The van der Waals surface area contributed by atoms with Gasteiger partial charge in [-0.15, -0.1) is 5.73 Å². The van der Waals surface area contributed by atoms with E-state index in [-0.39, 0.29) is 58.0 Å². The number of hydrogen-bond acceptors (Lipinski definition) is 4. The lowest BCUT2D eigenvalue weighted by molar-refractivity contribution is -0.186. The van der Waals surface area contributed by atoms with Gasteiger partial charge in [-0.05, 0) is 64.5 Å². The molecule has 38 heavy (non-hydrogen) atoms. The maximum Gasteiger partial charge on any atom is 0.302 e. The average Bonchev–Trinajstić information content (AvgIpc) is 3.02. The second-order valence-electron chi connectivity index (χ2n) is 13.2. The van der Waals surface area contributed by atoms with Crippen molar-refractivity contribution in [2.24, 2.45) is 40.4 Å². The topological polar surface area (TPSA) is 66.4 Å². The van der Waals surface area contributed by atoms with E-state index in [1.807, 2.05) is 36.4 Å². The highest BCUT2D eigenvalue weighted by Gasteiger charge is 2.68. The van der Waals surface area contributed by atoms with Gasteiger partial charge in [-0.1, -0.05) is 72.8 Å². The summed E-state index contributed by atoms with van der Waals surface area (Å²) < 4.78 is 18.7. The molecule has 1 aromatic carbocycles. The van der Waals surface area contributed by atoms with Gasteiger partial charge in [0.25, 0.3) is 0 Å². The molecule has 4 nitrogen and oxygen atoms in total. The smallest absolute Gasteiger partial charge is 0.302 e. The van der Waals surface area contributed by atoms with E-state index in [2.05, 4.69) is 66.4 Å².